The Morgan fingerprint density at radius 3 is 2.04 bits per heavy atom. The van der Waals surface area contributed by atoms with Gasteiger partial charge in [-0.2, -0.15) is 5.26 Å². The third kappa shape index (κ3) is 3.74. The minimum absolute atomic E-state index is 0.0857. The molecule has 3 rings (SSSR count). The van der Waals surface area contributed by atoms with Gasteiger partial charge in [0.25, 0.3) is 11.8 Å². The number of benzene rings is 2. The fourth-order valence-corrected chi connectivity index (χ4v) is 2.10. The molecule has 0 aromatic heterocycles. The Kier molecular flexibility index (Phi) is 4.07. The number of nitrogens with zero attached hydrogens (tertiary/aromatic N) is 1. The van der Waals surface area contributed by atoms with Crippen LogP contribution in [0.3, 0.4) is 0 Å². The number of hydrogen-bond donors (Lipinski definition) is 2. The molecule has 1 aliphatic rings. The Labute approximate surface area is 133 Å². The number of nitriles is 1. The fraction of sp³-hybridized carbons (Fsp3) is 0.167. The minimum atomic E-state index is -0.260. The molecule has 2 aromatic carbocycles. The lowest BCUT2D eigenvalue weighted by Gasteiger charge is -2.07. The van der Waals surface area contributed by atoms with E-state index >= 15 is 0 Å². The van der Waals surface area contributed by atoms with Gasteiger partial charge in [0.05, 0.1) is 11.6 Å². The molecule has 0 bridgehead atoms. The number of amides is 2. The van der Waals surface area contributed by atoms with Crippen molar-refractivity contribution >= 4 is 17.5 Å². The van der Waals surface area contributed by atoms with E-state index in [2.05, 4.69) is 10.6 Å². The van der Waals surface area contributed by atoms with E-state index in [0.29, 0.717) is 28.4 Å². The van der Waals surface area contributed by atoms with E-state index in [1.807, 2.05) is 6.07 Å². The van der Waals surface area contributed by atoms with E-state index in [4.69, 9.17) is 5.26 Å². The van der Waals surface area contributed by atoms with Gasteiger partial charge >= 0.3 is 0 Å². The molecule has 0 aliphatic heterocycles. The van der Waals surface area contributed by atoms with Gasteiger partial charge in [-0.05, 0) is 61.4 Å². The van der Waals surface area contributed by atoms with Crippen LogP contribution in [0.2, 0.25) is 0 Å². The van der Waals surface area contributed by atoms with Crippen LogP contribution < -0.4 is 10.6 Å². The van der Waals surface area contributed by atoms with Crippen LogP contribution in [0, 0.1) is 11.3 Å². The van der Waals surface area contributed by atoms with Crippen LogP contribution in [0.25, 0.3) is 0 Å². The number of nitrogens with one attached hydrogen (secondary N) is 2. The highest BCUT2D eigenvalue weighted by atomic mass is 16.2. The van der Waals surface area contributed by atoms with Crippen LogP contribution in [0.4, 0.5) is 5.69 Å². The van der Waals surface area contributed by atoms with Crippen molar-refractivity contribution in [3.8, 4) is 6.07 Å². The van der Waals surface area contributed by atoms with Crippen molar-refractivity contribution in [2.45, 2.75) is 18.9 Å². The van der Waals surface area contributed by atoms with Gasteiger partial charge in [0.2, 0.25) is 0 Å². The first kappa shape index (κ1) is 14.8. The molecular weight excluding hydrogens is 290 g/mol. The largest absolute Gasteiger partial charge is 0.349 e. The van der Waals surface area contributed by atoms with E-state index in [9.17, 15) is 9.59 Å². The fourth-order valence-electron chi connectivity index (χ4n) is 2.10. The zero-order chi connectivity index (χ0) is 16.2. The van der Waals surface area contributed by atoms with E-state index < -0.39 is 0 Å². The molecule has 0 saturated heterocycles. The Bertz CT molecular complexity index is 769. The molecule has 0 atom stereocenters. The van der Waals surface area contributed by atoms with Gasteiger partial charge in [0.1, 0.15) is 0 Å². The molecule has 1 saturated carbocycles. The summed E-state index contributed by atoms with van der Waals surface area (Å²) in [5.41, 5.74) is 2.17. The first-order valence-corrected chi connectivity index (χ1v) is 7.38. The topological polar surface area (TPSA) is 82.0 Å². The van der Waals surface area contributed by atoms with Crippen molar-refractivity contribution < 1.29 is 9.59 Å². The Morgan fingerprint density at radius 2 is 1.48 bits per heavy atom. The van der Waals surface area contributed by atoms with Crippen molar-refractivity contribution in [2.75, 3.05) is 5.32 Å². The Balaban J connectivity index is 1.63. The van der Waals surface area contributed by atoms with Gasteiger partial charge in [-0.15, -0.1) is 0 Å². The van der Waals surface area contributed by atoms with Crippen LogP contribution in [0.5, 0.6) is 0 Å². The van der Waals surface area contributed by atoms with Crippen molar-refractivity contribution in [3.63, 3.8) is 0 Å². The summed E-state index contributed by atoms with van der Waals surface area (Å²) >= 11 is 0. The summed E-state index contributed by atoms with van der Waals surface area (Å²) in [6, 6.07) is 15.5. The Morgan fingerprint density at radius 1 is 0.913 bits per heavy atom. The lowest BCUT2D eigenvalue weighted by atomic mass is 10.1. The summed E-state index contributed by atoms with van der Waals surface area (Å²) in [6.07, 6.45) is 2.09. The molecule has 1 fully saturated rings. The summed E-state index contributed by atoms with van der Waals surface area (Å²) in [5, 5.41) is 14.4. The lowest BCUT2D eigenvalue weighted by Crippen LogP contribution is -2.25. The highest BCUT2D eigenvalue weighted by Crippen LogP contribution is 2.19. The summed E-state index contributed by atoms with van der Waals surface area (Å²) in [6.45, 7) is 0. The third-order valence-electron chi connectivity index (χ3n) is 3.59. The quantitative estimate of drug-likeness (QED) is 0.911. The van der Waals surface area contributed by atoms with Crippen LogP contribution in [0.15, 0.2) is 48.5 Å². The van der Waals surface area contributed by atoms with Gasteiger partial charge in [-0.25, -0.2) is 0 Å². The summed E-state index contributed by atoms with van der Waals surface area (Å²) in [4.78, 5) is 24.0. The standard InChI is InChI=1S/C18H15N3O2/c19-11-12-1-3-13(4-2-12)17(22)20-15-7-5-14(6-8-15)18(23)21-16-9-10-16/h1-8,16H,9-10H2,(H,20,22)(H,21,23). The van der Waals surface area contributed by atoms with Crippen molar-refractivity contribution in [3.05, 3.63) is 65.2 Å². The first-order chi connectivity index (χ1) is 11.2. The van der Waals surface area contributed by atoms with Gasteiger partial charge in [0.15, 0.2) is 0 Å². The van der Waals surface area contributed by atoms with Crippen LogP contribution in [-0.2, 0) is 0 Å². The average molecular weight is 305 g/mol. The minimum Gasteiger partial charge on any atom is -0.349 e. The second kappa shape index (κ2) is 6.32. The number of anilines is 1. The number of carbonyl (C=O) groups is 2. The van der Waals surface area contributed by atoms with Gasteiger partial charge in [-0.1, -0.05) is 0 Å². The molecule has 2 N–H and O–H groups in total. The summed E-state index contributed by atoms with van der Waals surface area (Å²) in [7, 11) is 0. The Hall–Kier alpha value is -3.13. The second-order valence-corrected chi connectivity index (χ2v) is 5.47. The van der Waals surface area contributed by atoms with E-state index in [1.165, 1.54) is 0 Å². The first-order valence-electron chi connectivity index (χ1n) is 7.38. The summed E-state index contributed by atoms with van der Waals surface area (Å²) < 4.78 is 0. The van der Waals surface area contributed by atoms with Gasteiger partial charge < -0.3 is 10.6 Å². The van der Waals surface area contributed by atoms with Crippen molar-refractivity contribution in [1.82, 2.24) is 5.32 Å². The van der Waals surface area contributed by atoms with Crippen molar-refractivity contribution in [2.24, 2.45) is 0 Å². The van der Waals surface area contributed by atoms with E-state index in [-0.39, 0.29) is 11.8 Å². The molecule has 0 spiro atoms. The molecule has 0 heterocycles. The van der Waals surface area contributed by atoms with Crippen molar-refractivity contribution in [1.29, 1.82) is 5.26 Å². The smallest absolute Gasteiger partial charge is 0.255 e. The van der Waals surface area contributed by atoms with E-state index in [0.717, 1.165) is 12.8 Å². The molecule has 114 valence electrons. The molecule has 5 heteroatoms. The average Bonchev–Trinajstić information content (AvgIpc) is 3.39. The van der Waals surface area contributed by atoms with Crippen LogP contribution in [0.1, 0.15) is 39.1 Å². The second-order valence-electron chi connectivity index (χ2n) is 5.47. The van der Waals surface area contributed by atoms with Gasteiger partial charge in [0, 0.05) is 22.9 Å². The molecule has 23 heavy (non-hydrogen) atoms. The normalized spacial score (nSPS) is 13.0. The lowest BCUT2D eigenvalue weighted by molar-refractivity contribution is 0.0950. The number of hydrogen-bond acceptors (Lipinski definition) is 3. The molecule has 2 amide bonds. The maximum Gasteiger partial charge on any atom is 0.255 e. The molecule has 2 aromatic rings. The maximum atomic E-state index is 12.1. The van der Waals surface area contributed by atoms with Crippen LogP contribution in [-0.4, -0.2) is 17.9 Å². The predicted molar refractivity (Wildman–Crippen MR) is 86.0 cm³/mol. The molecule has 1 aliphatic carbocycles. The predicted octanol–water partition coefficient (Wildman–Crippen LogP) is 2.70. The van der Waals surface area contributed by atoms with Gasteiger partial charge in [-0.3, -0.25) is 9.59 Å². The highest BCUT2D eigenvalue weighted by molar-refractivity contribution is 6.04. The molecule has 5 nitrogen and oxygen atoms in total. The SMILES string of the molecule is N#Cc1ccc(C(=O)Nc2ccc(C(=O)NC3CC3)cc2)cc1. The zero-order valence-electron chi connectivity index (χ0n) is 12.4. The zero-order valence-corrected chi connectivity index (χ0v) is 12.4. The van der Waals surface area contributed by atoms with E-state index in [1.54, 1.807) is 48.5 Å². The molecule has 0 unspecified atom stereocenters. The summed E-state index contributed by atoms with van der Waals surface area (Å²) in [5.74, 6) is -0.345. The third-order valence-corrected chi connectivity index (χ3v) is 3.59. The monoisotopic (exact) mass is 305 g/mol. The molecule has 0 radical (unpaired) electrons. The van der Waals surface area contributed by atoms with Crippen LogP contribution >= 0.6 is 0 Å². The maximum absolute atomic E-state index is 12.1. The number of carbonyl (C=O) groups excluding carboxylic acids is 2. The molecular formula is C18H15N3O2. The highest BCUT2D eigenvalue weighted by Gasteiger charge is 2.23. The number of rotatable bonds is 4.